The molecular formula is C13H17FN2O. The van der Waals surface area contributed by atoms with Gasteiger partial charge >= 0.3 is 0 Å². The van der Waals surface area contributed by atoms with Crippen LogP contribution in [0.4, 0.5) is 15.8 Å². The molecule has 0 fully saturated rings. The maximum absolute atomic E-state index is 13.1. The van der Waals surface area contributed by atoms with Crippen LogP contribution in [0.15, 0.2) is 18.2 Å². The third-order valence-electron chi connectivity index (χ3n) is 2.91. The lowest BCUT2D eigenvalue weighted by atomic mass is 9.96. The summed E-state index contributed by atoms with van der Waals surface area (Å²) in [6.45, 7) is 4.78. The van der Waals surface area contributed by atoms with Crippen LogP contribution in [-0.2, 0) is 4.79 Å². The van der Waals surface area contributed by atoms with E-state index in [4.69, 9.17) is 0 Å². The summed E-state index contributed by atoms with van der Waals surface area (Å²) in [5.41, 5.74) is 1.31. The van der Waals surface area contributed by atoms with Crippen LogP contribution in [0, 0.1) is 17.7 Å². The summed E-state index contributed by atoms with van der Waals surface area (Å²) in [5, 5.41) is 5.97. The summed E-state index contributed by atoms with van der Waals surface area (Å²) >= 11 is 0. The van der Waals surface area contributed by atoms with Gasteiger partial charge in [-0.25, -0.2) is 4.39 Å². The molecule has 2 N–H and O–H groups in total. The van der Waals surface area contributed by atoms with Gasteiger partial charge in [-0.3, -0.25) is 4.79 Å². The average molecular weight is 236 g/mol. The topological polar surface area (TPSA) is 41.1 Å². The fourth-order valence-electron chi connectivity index (χ4n) is 2.09. The third kappa shape index (κ3) is 2.75. The molecule has 0 saturated heterocycles. The average Bonchev–Trinajstić information content (AvgIpc) is 2.38. The van der Waals surface area contributed by atoms with Crippen molar-refractivity contribution in [3.05, 3.63) is 24.0 Å². The molecule has 2 rings (SSSR count). The lowest BCUT2D eigenvalue weighted by Gasteiger charge is -2.15. The normalized spacial score (nSPS) is 19.3. The van der Waals surface area contributed by atoms with Crippen molar-refractivity contribution in [2.45, 2.75) is 20.3 Å². The van der Waals surface area contributed by atoms with E-state index in [-0.39, 0.29) is 17.6 Å². The molecule has 1 unspecified atom stereocenters. The fraction of sp³-hybridized carbons (Fsp3) is 0.462. The smallest absolute Gasteiger partial charge is 0.229 e. The summed E-state index contributed by atoms with van der Waals surface area (Å²) in [7, 11) is 0. The van der Waals surface area contributed by atoms with Gasteiger partial charge in [0.1, 0.15) is 5.82 Å². The molecule has 3 nitrogen and oxygen atoms in total. The monoisotopic (exact) mass is 236 g/mol. The van der Waals surface area contributed by atoms with Crippen LogP contribution in [0.5, 0.6) is 0 Å². The molecule has 17 heavy (non-hydrogen) atoms. The molecule has 0 radical (unpaired) electrons. The number of halogens is 1. The summed E-state index contributed by atoms with van der Waals surface area (Å²) in [5.74, 6) is 0.0275. The molecule has 1 aromatic carbocycles. The molecule has 1 aromatic rings. The molecule has 1 amide bonds. The quantitative estimate of drug-likeness (QED) is 0.829. The maximum atomic E-state index is 13.1. The minimum absolute atomic E-state index is 0.0319. The predicted octanol–water partition coefficient (Wildman–Crippen LogP) is 2.85. The molecule has 92 valence electrons. The Balaban J connectivity index is 2.19. The van der Waals surface area contributed by atoms with Gasteiger partial charge in [0, 0.05) is 6.54 Å². The van der Waals surface area contributed by atoms with Crippen molar-refractivity contribution in [1.82, 2.24) is 0 Å². The fourth-order valence-corrected chi connectivity index (χ4v) is 2.09. The van der Waals surface area contributed by atoms with Gasteiger partial charge in [-0.05, 0) is 30.5 Å². The first-order chi connectivity index (χ1) is 8.06. The third-order valence-corrected chi connectivity index (χ3v) is 2.91. The summed E-state index contributed by atoms with van der Waals surface area (Å²) in [4.78, 5) is 12.0. The molecule has 1 aliphatic rings. The standard InChI is InChI=1S/C13H17FN2O/c1-8(2)5-9-7-15-11-4-3-10(14)6-12(11)16-13(9)17/h3-4,6,8-9,15H,5,7H2,1-2H3,(H,16,17). The highest BCUT2D eigenvalue weighted by molar-refractivity contribution is 5.97. The SMILES string of the molecule is CC(C)CC1CNc2ccc(F)cc2NC1=O. The Bertz CT molecular complexity index is 431. The second kappa shape index (κ2) is 4.73. The Morgan fingerprint density at radius 3 is 2.88 bits per heavy atom. The number of amides is 1. The van der Waals surface area contributed by atoms with Crippen LogP contribution in [0.3, 0.4) is 0 Å². The number of rotatable bonds is 2. The first kappa shape index (κ1) is 11.9. The van der Waals surface area contributed by atoms with Crippen LogP contribution in [-0.4, -0.2) is 12.5 Å². The van der Waals surface area contributed by atoms with Gasteiger partial charge in [0.05, 0.1) is 17.3 Å². The van der Waals surface area contributed by atoms with Gasteiger partial charge in [0.15, 0.2) is 0 Å². The first-order valence-electron chi connectivity index (χ1n) is 5.90. The summed E-state index contributed by atoms with van der Waals surface area (Å²) in [6.07, 6.45) is 0.829. The van der Waals surface area contributed by atoms with E-state index in [9.17, 15) is 9.18 Å². The van der Waals surface area contributed by atoms with E-state index < -0.39 is 0 Å². The molecule has 0 saturated carbocycles. The van der Waals surface area contributed by atoms with Gasteiger partial charge in [-0.1, -0.05) is 13.8 Å². The zero-order valence-corrected chi connectivity index (χ0v) is 10.1. The largest absolute Gasteiger partial charge is 0.383 e. The van der Waals surface area contributed by atoms with Crippen molar-refractivity contribution in [3.63, 3.8) is 0 Å². The summed E-state index contributed by atoms with van der Waals surface area (Å²) in [6, 6.07) is 4.39. The van der Waals surface area contributed by atoms with E-state index in [1.165, 1.54) is 12.1 Å². The van der Waals surface area contributed by atoms with Gasteiger partial charge < -0.3 is 10.6 Å². The van der Waals surface area contributed by atoms with Crippen molar-refractivity contribution in [3.8, 4) is 0 Å². The number of carbonyl (C=O) groups excluding carboxylic acids is 1. The van der Waals surface area contributed by atoms with Crippen LogP contribution in [0.2, 0.25) is 0 Å². The Kier molecular flexibility index (Phi) is 3.31. The Morgan fingerprint density at radius 1 is 1.41 bits per heavy atom. The van der Waals surface area contributed by atoms with Crippen molar-refractivity contribution < 1.29 is 9.18 Å². The van der Waals surface area contributed by atoms with Crippen LogP contribution in [0.25, 0.3) is 0 Å². The molecule has 1 heterocycles. The molecular weight excluding hydrogens is 219 g/mol. The number of fused-ring (bicyclic) bond motifs is 1. The minimum Gasteiger partial charge on any atom is -0.383 e. The summed E-state index contributed by atoms with van der Waals surface area (Å²) < 4.78 is 13.1. The highest BCUT2D eigenvalue weighted by Gasteiger charge is 2.24. The highest BCUT2D eigenvalue weighted by atomic mass is 19.1. The molecule has 0 bridgehead atoms. The van der Waals surface area contributed by atoms with Gasteiger partial charge in [0.2, 0.25) is 5.91 Å². The number of benzene rings is 1. The second-order valence-electron chi connectivity index (χ2n) is 4.89. The van der Waals surface area contributed by atoms with Crippen LogP contribution in [0.1, 0.15) is 20.3 Å². The zero-order chi connectivity index (χ0) is 12.4. The molecule has 0 aliphatic carbocycles. The van der Waals surface area contributed by atoms with Crippen molar-refractivity contribution >= 4 is 17.3 Å². The molecule has 0 aromatic heterocycles. The molecule has 4 heteroatoms. The van der Waals surface area contributed by atoms with E-state index in [1.54, 1.807) is 6.07 Å². The van der Waals surface area contributed by atoms with Crippen molar-refractivity contribution in [2.24, 2.45) is 11.8 Å². The van der Waals surface area contributed by atoms with E-state index in [1.807, 2.05) is 0 Å². The van der Waals surface area contributed by atoms with E-state index in [0.29, 0.717) is 18.2 Å². The number of carbonyl (C=O) groups is 1. The number of anilines is 2. The zero-order valence-electron chi connectivity index (χ0n) is 10.1. The lowest BCUT2D eigenvalue weighted by Crippen LogP contribution is -2.27. The van der Waals surface area contributed by atoms with Gasteiger partial charge in [0.25, 0.3) is 0 Å². The van der Waals surface area contributed by atoms with Crippen LogP contribution < -0.4 is 10.6 Å². The van der Waals surface area contributed by atoms with E-state index in [2.05, 4.69) is 24.5 Å². The lowest BCUT2D eigenvalue weighted by molar-refractivity contribution is -0.119. The van der Waals surface area contributed by atoms with E-state index in [0.717, 1.165) is 12.1 Å². The Labute approximate surface area is 100 Å². The molecule has 1 aliphatic heterocycles. The Hall–Kier alpha value is -1.58. The molecule has 0 spiro atoms. The van der Waals surface area contributed by atoms with Gasteiger partial charge in [-0.2, -0.15) is 0 Å². The maximum Gasteiger partial charge on any atom is 0.229 e. The van der Waals surface area contributed by atoms with Gasteiger partial charge in [-0.15, -0.1) is 0 Å². The first-order valence-corrected chi connectivity index (χ1v) is 5.90. The minimum atomic E-state index is -0.340. The van der Waals surface area contributed by atoms with Crippen molar-refractivity contribution in [1.29, 1.82) is 0 Å². The highest BCUT2D eigenvalue weighted by Crippen LogP contribution is 2.27. The second-order valence-corrected chi connectivity index (χ2v) is 4.89. The predicted molar refractivity (Wildman–Crippen MR) is 66.5 cm³/mol. The number of nitrogens with one attached hydrogen (secondary N) is 2. The van der Waals surface area contributed by atoms with E-state index >= 15 is 0 Å². The number of hydrogen-bond acceptors (Lipinski definition) is 2. The Morgan fingerprint density at radius 2 is 2.18 bits per heavy atom. The molecule has 1 atom stereocenters. The van der Waals surface area contributed by atoms with Crippen molar-refractivity contribution in [2.75, 3.05) is 17.2 Å². The van der Waals surface area contributed by atoms with Crippen LogP contribution >= 0.6 is 0 Å². The number of hydrogen-bond donors (Lipinski definition) is 2.